The summed E-state index contributed by atoms with van der Waals surface area (Å²) in [7, 11) is 0. The number of benzene rings is 1. The predicted molar refractivity (Wildman–Crippen MR) is 56.5 cm³/mol. The fraction of sp³-hybridized carbons (Fsp3) is 0.455. The van der Waals surface area contributed by atoms with Crippen LogP contribution in [0.3, 0.4) is 0 Å². The van der Waals surface area contributed by atoms with E-state index >= 15 is 0 Å². The highest BCUT2D eigenvalue weighted by atomic mass is 16.5. The van der Waals surface area contributed by atoms with Crippen LogP contribution in [0.4, 0.5) is 0 Å². The highest BCUT2D eigenvalue weighted by Crippen LogP contribution is 2.09. The van der Waals surface area contributed by atoms with Gasteiger partial charge in [-0.3, -0.25) is 0 Å². The summed E-state index contributed by atoms with van der Waals surface area (Å²) in [5.41, 5.74) is 0. The van der Waals surface area contributed by atoms with Crippen molar-refractivity contribution in [3.8, 4) is 5.75 Å². The van der Waals surface area contributed by atoms with Crippen LogP contribution in [0.1, 0.15) is 6.92 Å². The molecule has 0 spiro atoms. The lowest BCUT2D eigenvalue weighted by molar-refractivity contribution is 0.210. The van der Waals surface area contributed by atoms with Crippen LogP contribution >= 0.6 is 0 Å². The summed E-state index contributed by atoms with van der Waals surface area (Å²) in [6, 6.07) is 9.72. The highest BCUT2D eigenvalue weighted by Gasteiger charge is 2.01. The Hall–Kier alpha value is -1.06. The molecule has 0 aliphatic heterocycles. The number of hydrogen-bond donors (Lipinski definition) is 2. The number of rotatable bonds is 6. The van der Waals surface area contributed by atoms with Crippen LogP contribution in [-0.4, -0.2) is 30.9 Å². The van der Waals surface area contributed by atoms with Crippen LogP contribution in [0.25, 0.3) is 0 Å². The Balaban J connectivity index is 2.23. The van der Waals surface area contributed by atoms with Gasteiger partial charge < -0.3 is 15.2 Å². The van der Waals surface area contributed by atoms with Gasteiger partial charge in [-0.2, -0.15) is 0 Å². The summed E-state index contributed by atoms with van der Waals surface area (Å²) in [5.74, 6) is 0.880. The SMILES string of the molecule is CC(CNCCO)Oc1ccccc1. The Morgan fingerprint density at radius 2 is 2.07 bits per heavy atom. The Bertz CT molecular complexity index is 238. The first kappa shape index (κ1) is 11.0. The van der Waals surface area contributed by atoms with Crippen molar-refractivity contribution < 1.29 is 9.84 Å². The van der Waals surface area contributed by atoms with Crippen molar-refractivity contribution in [1.82, 2.24) is 5.32 Å². The molecule has 0 fully saturated rings. The fourth-order valence-corrected chi connectivity index (χ4v) is 1.16. The van der Waals surface area contributed by atoms with Gasteiger partial charge in [-0.05, 0) is 19.1 Å². The van der Waals surface area contributed by atoms with Crippen LogP contribution in [0.2, 0.25) is 0 Å². The molecule has 14 heavy (non-hydrogen) atoms. The molecule has 0 saturated heterocycles. The average molecular weight is 195 g/mol. The normalized spacial score (nSPS) is 12.4. The molecule has 1 atom stereocenters. The van der Waals surface area contributed by atoms with Crippen LogP contribution in [0.15, 0.2) is 30.3 Å². The molecule has 0 bridgehead atoms. The maximum Gasteiger partial charge on any atom is 0.119 e. The van der Waals surface area contributed by atoms with E-state index in [0.29, 0.717) is 6.54 Å². The highest BCUT2D eigenvalue weighted by molar-refractivity contribution is 5.21. The molecule has 0 radical (unpaired) electrons. The number of aliphatic hydroxyl groups is 1. The molecule has 0 aromatic heterocycles. The van der Waals surface area contributed by atoms with E-state index in [1.165, 1.54) is 0 Å². The monoisotopic (exact) mass is 195 g/mol. The second kappa shape index (κ2) is 6.40. The standard InChI is InChI=1S/C11H17NO2/c1-10(9-12-7-8-13)14-11-5-3-2-4-6-11/h2-6,10,12-13H,7-9H2,1H3. The van der Waals surface area contributed by atoms with Crippen LogP contribution < -0.4 is 10.1 Å². The van der Waals surface area contributed by atoms with Gasteiger partial charge in [0, 0.05) is 13.1 Å². The minimum absolute atomic E-state index is 0.115. The molecule has 0 heterocycles. The number of ether oxygens (including phenoxy) is 1. The molecule has 1 unspecified atom stereocenters. The van der Waals surface area contributed by atoms with Gasteiger partial charge in [-0.1, -0.05) is 18.2 Å². The van der Waals surface area contributed by atoms with Gasteiger partial charge in [0.2, 0.25) is 0 Å². The zero-order chi connectivity index (χ0) is 10.2. The van der Waals surface area contributed by atoms with E-state index in [0.717, 1.165) is 12.3 Å². The smallest absolute Gasteiger partial charge is 0.119 e. The molecular weight excluding hydrogens is 178 g/mol. The summed E-state index contributed by atoms with van der Waals surface area (Å²) < 4.78 is 5.62. The zero-order valence-electron chi connectivity index (χ0n) is 8.44. The lowest BCUT2D eigenvalue weighted by Crippen LogP contribution is -2.30. The van der Waals surface area contributed by atoms with Crippen molar-refractivity contribution >= 4 is 0 Å². The molecule has 0 aliphatic rings. The van der Waals surface area contributed by atoms with E-state index in [1.54, 1.807) is 0 Å². The third kappa shape index (κ3) is 4.25. The maximum absolute atomic E-state index is 8.57. The van der Waals surface area contributed by atoms with Gasteiger partial charge >= 0.3 is 0 Å². The van der Waals surface area contributed by atoms with Gasteiger partial charge in [0.05, 0.1) is 6.61 Å². The van der Waals surface area contributed by atoms with Crippen molar-refractivity contribution in [2.24, 2.45) is 0 Å². The summed E-state index contributed by atoms with van der Waals surface area (Å²) >= 11 is 0. The number of nitrogens with one attached hydrogen (secondary N) is 1. The van der Waals surface area contributed by atoms with Crippen LogP contribution in [0, 0.1) is 0 Å². The topological polar surface area (TPSA) is 41.5 Å². The molecule has 0 saturated carbocycles. The average Bonchev–Trinajstić information content (AvgIpc) is 2.20. The van der Waals surface area contributed by atoms with Crippen molar-refractivity contribution in [2.75, 3.05) is 19.7 Å². The quantitative estimate of drug-likeness (QED) is 0.666. The van der Waals surface area contributed by atoms with E-state index in [4.69, 9.17) is 9.84 Å². The molecule has 1 aromatic carbocycles. The second-order valence-corrected chi connectivity index (χ2v) is 3.17. The van der Waals surface area contributed by atoms with Gasteiger partial charge in [0.1, 0.15) is 11.9 Å². The van der Waals surface area contributed by atoms with E-state index in [9.17, 15) is 0 Å². The molecule has 3 heteroatoms. The van der Waals surface area contributed by atoms with E-state index in [1.807, 2.05) is 37.3 Å². The van der Waals surface area contributed by atoms with Gasteiger partial charge in [0.15, 0.2) is 0 Å². The van der Waals surface area contributed by atoms with Crippen molar-refractivity contribution in [2.45, 2.75) is 13.0 Å². The molecule has 0 amide bonds. The van der Waals surface area contributed by atoms with E-state index in [2.05, 4.69) is 5.32 Å². The number of hydrogen-bond acceptors (Lipinski definition) is 3. The van der Waals surface area contributed by atoms with Crippen molar-refractivity contribution in [1.29, 1.82) is 0 Å². The molecular formula is C11H17NO2. The number of aliphatic hydroxyl groups excluding tert-OH is 1. The van der Waals surface area contributed by atoms with Crippen molar-refractivity contribution in [3.05, 3.63) is 30.3 Å². The molecule has 0 aliphatic carbocycles. The molecule has 1 aromatic rings. The second-order valence-electron chi connectivity index (χ2n) is 3.17. The Morgan fingerprint density at radius 3 is 2.71 bits per heavy atom. The minimum atomic E-state index is 0.115. The van der Waals surface area contributed by atoms with Crippen LogP contribution in [-0.2, 0) is 0 Å². The Morgan fingerprint density at radius 1 is 1.36 bits per heavy atom. The fourth-order valence-electron chi connectivity index (χ4n) is 1.16. The summed E-state index contributed by atoms with van der Waals surface area (Å²) in [6.07, 6.45) is 0.115. The maximum atomic E-state index is 8.57. The molecule has 78 valence electrons. The third-order valence-electron chi connectivity index (χ3n) is 1.80. The van der Waals surface area contributed by atoms with E-state index in [-0.39, 0.29) is 12.7 Å². The Kier molecular flexibility index (Phi) is 5.04. The van der Waals surface area contributed by atoms with Gasteiger partial charge in [-0.15, -0.1) is 0 Å². The molecule has 2 N–H and O–H groups in total. The minimum Gasteiger partial charge on any atom is -0.489 e. The summed E-state index contributed by atoms with van der Waals surface area (Å²) in [4.78, 5) is 0. The van der Waals surface area contributed by atoms with Gasteiger partial charge in [-0.25, -0.2) is 0 Å². The number of para-hydroxylation sites is 1. The van der Waals surface area contributed by atoms with Gasteiger partial charge in [0.25, 0.3) is 0 Å². The predicted octanol–water partition coefficient (Wildman–Crippen LogP) is 1.04. The first-order valence-corrected chi connectivity index (χ1v) is 4.86. The lowest BCUT2D eigenvalue weighted by Gasteiger charge is -2.14. The molecule has 3 nitrogen and oxygen atoms in total. The zero-order valence-corrected chi connectivity index (χ0v) is 8.44. The van der Waals surface area contributed by atoms with Crippen LogP contribution in [0.5, 0.6) is 5.75 Å². The lowest BCUT2D eigenvalue weighted by atomic mass is 10.3. The first-order valence-electron chi connectivity index (χ1n) is 4.86. The van der Waals surface area contributed by atoms with E-state index < -0.39 is 0 Å². The molecule has 1 rings (SSSR count). The largest absolute Gasteiger partial charge is 0.489 e. The Labute approximate surface area is 84.7 Å². The summed E-state index contributed by atoms with van der Waals surface area (Å²) in [5, 5.41) is 11.6. The third-order valence-corrected chi connectivity index (χ3v) is 1.80. The summed E-state index contributed by atoms with van der Waals surface area (Å²) in [6.45, 7) is 3.52. The first-order chi connectivity index (χ1) is 6.83. The van der Waals surface area contributed by atoms with Crippen molar-refractivity contribution in [3.63, 3.8) is 0 Å².